The van der Waals surface area contributed by atoms with Crippen molar-refractivity contribution in [1.82, 2.24) is 14.7 Å². The van der Waals surface area contributed by atoms with Gasteiger partial charge in [0.25, 0.3) is 5.91 Å². The monoisotopic (exact) mass is 532 g/mol. The number of hydrogen-bond donors (Lipinski definition) is 1. The molecule has 1 aromatic heterocycles. The second-order valence-electron chi connectivity index (χ2n) is 8.51. The van der Waals surface area contributed by atoms with Gasteiger partial charge in [0.2, 0.25) is 5.91 Å². The molecule has 9 heteroatoms. The van der Waals surface area contributed by atoms with Gasteiger partial charge in [-0.1, -0.05) is 48.9 Å². The summed E-state index contributed by atoms with van der Waals surface area (Å²) < 4.78 is 12.3. The maximum Gasteiger partial charge on any atom is 0.258 e. The molecule has 0 aliphatic heterocycles. The zero-order chi connectivity index (χ0) is 27.1. The van der Waals surface area contributed by atoms with Crippen molar-refractivity contribution in [1.29, 1.82) is 0 Å². The number of hydrogen-bond acceptors (Lipinski definition) is 5. The van der Waals surface area contributed by atoms with Gasteiger partial charge in [0.05, 0.1) is 31.2 Å². The first-order valence-corrected chi connectivity index (χ1v) is 12.5. The zero-order valence-electron chi connectivity index (χ0n) is 21.5. The summed E-state index contributed by atoms with van der Waals surface area (Å²) in [6.45, 7) is 2.20. The molecule has 38 heavy (non-hydrogen) atoms. The van der Waals surface area contributed by atoms with Gasteiger partial charge in [-0.3, -0.25) is 9.59 Å². The minimum absolute atomic E-state index is 0.145. The van der Waals surface area contributed by atoms with Crippen molar-refractivity contribution in [2.75, 3.05) is 32.6 Å². The van der Waals surface area contributed by atoms with E-state index in [1.54, 1.807) is 48.2 Å². The number of benzene rings is 3. The van der Waals surface area contributed by atoms with Crippen LogP contribution in [-0.2, 0) is 4.79 Å². The Labute approximate surface area is 226 Å². The van der Waals surface area contributed by atoms with Gasteiger partial charge in [0.15, 0.2) is 0 Å². The van der Waals surface area contributed by atoms with Crippen LogP contribution in [0.3, 0.4) is 0 Å². The third-order valence-electron chi connectivity index (χ3n) is 5.87. The predicted molar refractivity (Wildman–Crippen MR) is 148 cm³/mol. The van der Waals surface area contributed by atoms with Gasteiger partial charge in [-0.25, -0.2) is 4.68 Å². The van der Waals surface area contributed by atoms with Gasteiger partial charge in [-0.2, -0.15) is 5.10 Å². The molecular weight excluding hydrogens is 504 g/mol. The van der Waals surface area contributed by atoms with Crippen molar-refractivity contribution in [2.24, 2.45) is 0 Å². The molecule has 0 unspecified atom stereocenters. The van der Waals surface area contributed by atoms with Gasteiger partial charge >= 0.3 is 0 Å². The maximum atomic E-state index is 13.4. The van der Waals surface area contributed by atoms with Crippen LogP contribution in [-0.4, -0.2) is 53.8 Å². The van der Waals surface area contributed by atoms with Crippen LogP contribution in [0.5, 0.6) is 11.5 Å². The van der Waals surface area contributed by atoms with Gasteiger partial charge in [-0.05, 0) is 42.8 Å². The van der Waals surface area contributed by atoms with Crippen molar-refractivity contribution in [3.8, 4) is 28.4 Å². The molecule has 3 aromatic carbocycles. The maximum absolute atomic E-state index is 13.4. The molecule has 0 saturated heterocycles. The van der Waals surface area contributed by atoms with Crippen LogP contribution < -0.4 is 14.8 Å². The average Bonchev–Trinajstić information content (AvgIpc) is 3.36. The van der Waals surface area contributed by atoms with Crippen LogP contribution in [0.2, 0.25) is 5.02 Å². The van der Waals surface area contributed by atoms with Crippen LogP contribution in [0.4, 0.5) is 5.82 Å². The zero-order valence-corrected chi connectivity index (χ0v) is 22.2. The molecular formula is C29H29ClN4O4. The lowest BCUT2D eigenvalue weighted by Gasteiger charge is -2.23. The van der Waals surface area contributed by atoms with E-state index < -0.39 is 0 Å². The standard InChI is InChI=1S/C29H29ClN4O4/c1-4-16-33(29(36)24-15-14-23(37-2)17-26(24)38-3)19-28(35)31-27-18-25(20-8-6-5-7-9-20)32-34(27)22-12-10-21(30)11-13-22/h5-15,17-18H,4,16,19H2,1-3H3,(H,31,35). The van der Waals surface area contributed by atoms with Crippen LogP contribution in [0.1, 0.15) is 23.7 Å². The first-order chi connectivity index (χ1) is 18.4. The summed E-state index contributed by atoms with van der Waals surface area (Å²) in [6, 6.07) is 23.6. The Morgan fingerprint density at radius 3 is 2.37 bits per heavy atom. The Balaban J connectivity index is 1.60. The fraction of sp³-hybridized carbons (Fsp3) is 0.207. The SMILES string of the molecule is CCCN(CC(=O)Nc1cc(-c2ccccc2)nn1-c1ccc(Cl)cc1)C(=O)c1ccc(OC)cc1OC. The number of carbonyl (C=O) groups is 2. The molecule has 1 heterocycles. The number of ether oxygens (including phenoxy) is 2. The highest BCUT2D eigenvalue weighted by Gasteiger charge is 2.23. The Hall–Kier alpha value is -4.30. The molecule has 0 fully saturated rings. The minimum atomic E-state index is -0.353. The first-order valence-electron chi connectivity index (χ1n) is 12.2. The van der Waals surface area contributed by atoms with Crippen molar-refractivity contribution < 1.29 is 19.1 Å². The van der Waals surface area contributed by atoms with Crippen molar-refractivity contribution in [3.05, 3.63) is 89.4 Å². The predicted octanol–water partition coefficient (Wildman–Crippen LogP) is 5.70. The van der Waals surface area contributed by atoms with Gasteiger partial charge in [0, 0.05) is 29.3 Å². The number of aromatic nitrogens is 2. The number of methoxy groups -OCH3 is 2. The average molecular weight is 533 g/mol. The number of nitrogens with zero attached hydrogens (tertiary/aromatic N) is 3. The van der Waals surface area contributed by atoms with E-state index in [0.29, 0.717) is 46.6 Å². The molecule has 0 saturated carbocycles. The Kier molecular flexibility index (Phi) is 8.66. The number of amides is 2. The first kappa shape index (κ1) is 26.8. The summed E-state index contributed by atoms with van der Waals surface area (Å²) in [5, 5.41) is 8.25. The van der Waals surface area contributed by atoms with Crippen molar-refractivity contribution in [2.45, 2.75) is 13.3 Å². The third-order valence-corrected chi connectivity index (χ3v) is 6.12. The van der Waals surface area contributed by atoms with E-state index in [1.807, 2.05) is 49.4 Å². The van der Waals surface area contributed by atoms with E-state index in [0.717, 1.165) is 11.3 Å². The largest absolute Gasteiger partial charge is 0.497 e. The molecule has 0 aliphatic carbocycles. The van der Waals surface area contributed by atoms with E-state index in [2.05, 4.69) is 5.32 Å². The van der Waals surface area contributed by atoms with E-state index in [-0.39, 0.29) is 18.4 Å². The highest BCUT2D eigenvalue weighted by Crippen LogP contribution is 2.27. The van der Waals surface area contributed by atoms with Gasteiger partial charge < -0.3 is 19.7 Å². The topological polar surface area (TPSA) is 85.7 Å². The van der Waals surface area contributed by atoms with E-state index >= 15 is 0 Å². The quantitative estimate of drug-likeness (QED) is 0.283. The van der Waals surface area contributed by atoms with Crippen LogP contribution in [0, 0.1) is 0 Å². The molecule has 8 nitrogen and oxygen atoms in total. The number of halogens is 1. The molecule has 196 valence electrons. The summed E-state index contributed by atoms with van der Waals surface area (Å²) >= 11 is 6.08. The molecule has 4 aromatic rings. The molecule has 0 aliphatic rings. The smallest absolute Gasteiger partial charge is 0.258 e. The number of anilines is 1. The second kappa shape index (κ2) is 12.3. The summed E-state index contributed by atoms with van der Waals surface area (Å²) in [6.07, 6.45) is 0.679. The molecule has 2 amide bonds. The lowest BCUT2D eigenvalue weighted by Crippen LogP contribution is -2.39. The minimum Gasteiger partial charge on any atom is -0.497 e. The van der Waals surface area contributed by atoms with E-state index in [9.17, 15) is 9.59 Å². The molecule has 0 spiro atoms. The van der Waals surface area contributed by atoms with E-state index in [4.69, 9.17) is 26.2 Å². The molecule has 1 N–H and O–H groups in total. The molecule has 0 bridgehead atoms. The third kappa shape index (κ3) is 6.15. The molecule has 4 rings (SSSR count). The van der Waals surface area contributed by atoms with Crippen molar-refractivity contribution >= 4 is 29.2 Å². The van der Waals surface area contributed by atoms with E-state index in [1.165, 1.54) is 12.0 Å². The lowest BCUT2D eigenvalue weighted by molar-refractivity contribution is -0.116. The van der Waals surface area contributed by atoms with Crippen LogP contribution >= 0.6 is 11.6 Å². The highest BCUT2D eigenvalue weighted by atomic mass is 35.5. The van der Waals surface area contributed by atoms with Crippen LogP contribution in [0.15, 0.2) is 78.9 Å². The summed E-state index contributed by atoms with van der Waals surface area (Å²) in [4.78, 5) is 28.2. The van der Waals surface area contributed by atoms with Gasteiger partial charge in [-0.15, -0.1) is 0 Å². The normalized spacial score (nSPS) is 10.6. The lowest BCUT2D eigenvalue weighted by atomic mass is 10.1. The number of rotatable bonds is 10. The van der Waals surface area contributed by atoms with Crippen molar-refractivity contribution in [3.63, 3.8) is 0 Å². The Bertz CT molecular complexity index is 1400. The fourth-order valence-electron chi connectivity index (χ4n) is 4.02. The highest BCUT2D eigenvalue weighted by molar-refractivity contribution is 6.30. The summed E-state index contributed by atoms with van der Waals surface area (Å²) in [7, 11) is 3.03. The summed E-state index contributed by atoms with van der Waals surface area (Å²) in [5.41, 5.74) is 2.69. The van der Waals surface area contributed by atoms with Crippen LogP contribution in [0.25, 0.3) is 16.9 Å². The summed E-state index contributed by atoms with van der Waals surface area (Å²) in [5.74, 6) is 0.765. The molecule has 0 atom stereocenters. The van der Waals surface area contributed by atoms with Gasteiger partial charge in [0.1, 0.15) is 23.9 Å². The number of carbonyl (C=O) groups excluding carboxylic acids is 2. The Morgan fingerprint density at radius 2 is 1.71 bits per heavy atom. The number of nitrogens with one attached hydrogen (secondary N) is 1. The Morgan fingerprint density at radius 1 is 0.974 bits per heavy atom. The second-order valence-corrected chi connectivity index (χ2v) is 8.95. The molecule has 0 radical (unpaired) electrons. The fourth-order valence-corrected chi connectivity index (χ4v) is 4.15.